The Morgan fingerprint density at radius 3 is 2.83 bits per heavy atom. The van der Waals surface area contributed by atoms with E-state index in [1.807, 2.05) is 17.0 Å². The molecule has 2 heterocycles. The number of aromatic nitrogens is 1. The Bertz CT molecular complexity index is 372. The Balaban J connectivity index is 0.00000162. The van der Waals surface area contributed by atoms with Crippen molar-refractivity contribution in [2.24, 2.45) is 5.73 Å². The highest BCUT2D eigenvalue weighted by Gasteiger charge is 2.29. The maximum Gasteiger partial charge on any atom is 0.223 e. The van der Waals surface area contributed by atoms with Crippen LogP contribution in [-0.4, -0.2) is 28.9 Å². The Morgan fingerprint density at radius 2 is 2.17 bits per heavy atom. The minimum absolute atomic E-state index is 0. The first-order valence-electron chi connectivity index (χ1n) is 6.22. The lowest BCUT2D eigenvalue weighted by Gasteiger charge is -2.25. The highest BCUT2D eigenvalue weighted by molar-refractivity contribution is 5.85. The van der Waals surface area contributed by atoms with Crippen LogP contribution >= 0.6 is 12.4 Å². The number of hydrogen-bond acceptors (Lipinski definition) is 3. The first-order valence-corrected chi connectivity index (χ1v) is 6.22. The Labute approximate surface area is 114 Å². The summed E-state index contributed by atoms with van der Waals surface area (Å²) in [6, 6.07) is 4.24. The predicted octanol–water partition coefficient (Wildman–Crippen LogP) is 1.91. The normalized spacial score (nSPS) is 18.5. The molecular weight excluding hydrogens is 250 g/mol. The molecule has 1 amide bonds. The number of nitrogens with zero attached hydrogens (tertiary/aromatic N) is 2. The molecule has 5 heteroatoms. The van der Waals surface area contributed by atoms with Crippen LogP contribution in [0, 0.1) is 0 Å². The van der Waals surface area contributed by atoms with Gasteiger partial charge in [0.1, 0.15) is 0 Å². The highest BCUT2D eigenvalue weighted by atomic mass is 35.5. The molecule has 1 saturated heterocycles. The van der Waals surface area contributed by atoms with E-state index in [1.54, 1.807) is 12.4 Å². The van der Waals surface area contributed by atoms with Crippen LogP contribution in [0.4, 0.5) is 0 Å². The number of hydrogen-bond donors (Lipinski definition) is 1. The molecular formula is C13H20ClN3O. The maximum absolute atomic E-state index is 12.0. The quantitative estimate of drug-likeness (QED) is 0.908. The Morgan fingerprint density at radius 1 is 1.44 bits per heavy atom. The SMILES string of the molecule is Cl.NCCCC(=O)N1CCCC1c1ccncc1. The second-order valence-corrected chi connectivity index (χ2v) is 4.42. The molecule has 2 rings (SSSR count). The van der Waals surface area contributed by atoms with Gasteiger partial charge < -0.3 is 10.6 Å². The van der Waals surface area contributed by atoms with Crippen LogP contribution in [0.3, 0.4) is 0 Å². The van der Waals surface area contributed by atoms with Crippen molar-refractivity contribution in [3.05, 3.63) is 30.1 Å². The van der Waals surface area contributed by atoms with Crippen LogP contribution in [-0.2, 0) is 4.79 Å². The molecule has 0 radical (unpaired) electrons. The molecule has 0 spiro atoms. The van der Waals surface area contributed by atoms with E-state index in [0.717, 1.165) is 25.8 Å². The van der Waals surface area contributed by atoms with Crippen molar-refractivity contribution < 1.29 is 4.79 Å². The van der Waals surface area contributed by atoms with Gasteiger partial charge in [-0.2, -0.15) is 0 Å². The second-order valence-electron chi connectivity index (χ2n) is 4.42. The molecule has 18 heavy (non-hydrogen) atoms. The van der Waals surface area contributed by atoms with Gasteiger partial charge in [-0.25, -0.2) is 0 Å². The van der Waals surface area contributed by atoms with Crippen LogP contribution in [0.2, 0.25) is 0 Å². The third kappa shape index (κ3) is 3.43. The lowest BCUT2D eigenvalue weighted by atomic mass is 10.1. The number of halogens is 1. The van der Waals surface area contributed by atoms with E-state index in [1.165, 1.54) is 5.56 Å². The Kier molecular flexibility index (Phi) is 6.09. The molecule has 1 aromatic rings. The summed E-state index contributed by atoms with van der Waals surface area (Å²) in [6.45, 7) is 1.45. The van der Waals surface area contributed by atoms with Gasteiger partial charge in [0.25, 0.3) is 0 Å². The van der Waals surface area contributed by atoms with Gasteiger partial charge in [-0.15, -0.1) is 12.4 Å². The third-order valence-corrected chi connectivity index (χ3v) is 3.26. The largest absolute Gasteiger partial charge is 0.336 e. The van der Waals surface area contributed by atoms with Gasteiger partial charge in [0.2, 0.25) is 5.91 Å². The van der Waals surface area contributed by atoms with Crippen molar-refractivity contribution in [3.8, 4) is 0 Å². The van der Waals surface area contributed by atoms with Gasteiger partial charge in [-0.3, -0.25) is 9.78 Å². The summed E-state index contributed by atoms with van der Waals surface area (Å²) >= 11 is 0. The average molecular weight is 270 g/mol. The smallest absolute Gasteiger partial charge is 0.223 e. The number of nitrogens with two attached hydrogens (primary N) is 1. The van der Waals surface area contributed by atoms with Crippen molar-refractivity contribution >= 4 is 18.3 Å². The van der Waals surface area contributed by atoms with Crippen molar-refractivity contribution in [1.29, 1.82) is 0 Å². The fourth-order valence-electron chi connectivity index (χ4n) is 2.39. The monoisotopic (exact) mass is 269 g/mol. The molecule has 0 bridgehead atoms. The van der Waals surface area contributed by atoms with E-state index in [-0.39, 0.29) is 24.4 Å². The summed E-state index contributed by atoms with van der Waals surface area (Å²) < 4.78 is 0. The lowest BCUT2D eigenvalue weighted by Crippen LogP contribution is -2.30. The standard InChI is InChI=1S/C13H19N3O.ClH/c14-7-1-4-13(17)16-10-2-3-12(16)11-5-8-15-9-6-11;/h5-6,8-9,12H,1-4,7,10,14H2;1H. The van der Waals surface area contributed by atoms with Crippen molar-refractivity contribution in [1.82, 2.24) is 9.88 Å². The highest BCUT2D eigenvalue weighted by Crippen LogP contribution is 2.31. The molecule has 1 unspecified atom stereocenters. The van der Waals surface area contributed by atoms with Gasteiger partial charge in [0.05, 0.1) is 6.04 Å². The molecule has 0 aliphatic carbocycles. The van der Waals surface area contributed by atoms with E-state index in [9.17, 15) is 4.79 Å². The van der Waals surface area contributed by atoms with Crippen LogP contribution in [0.5, 0.6) is 0 Å². The average Bonchev–Trinajstić information content (AvgIpc) is 2.86. The van der Waals surface area contributed by atoms with Gasteiger partial charge in [0.15, 0.2) is 0 Å². The molecule has 1 aliphatic heterocycles. The van der Waals surface area contributed by atoms with E-state index in [2.05, 4.69) is 4.98 Å². The number of likely N-dealkylation sites (tertiary alicyclic amines) is 1. The minimum Gasteiger partial charge on any atom is -0.336 e. The summed E-state index contributed by atoms with van der Waals surface area (Å²) in [7, 11) is 0. The van der Waals surface area contributed by atoms with Gasteiger partial charge >= 0.3 is 0 Å². The first kappa shape index (κ1) is 14.9. The number of rotatable bonds is 4. The van der Waals surface area contributed by atoms with Crippen LogP contribution in [0.15, 0.2) is 24.5 Å². The predicted molar refractivity (Wildman–Crippen MR) is 73.5 cm³/mol. The molecule has 100 valence electrons. The molecule has 0 aromatic carbocycles. The Hall–Kier alpha value is -1.13. The zero-order valence-electron chi connectivity index (χ0n) is 10.4. The van der Waals surface area contributed by atoms with Crippen molar-refractivity contribution in [2.75, 3.05) is 13.1 Å². The first-order chi connectivity index (χ1) is 8.33. The van der Waals surface area contributed by atoms with Crippen LogP contribution in [0.1, 0.15) is 37.3 Å². The van der Waals surface area contributed by atoms with Crippen LogP contribution in [0.25, 0.3) is 0 Å². The topological polar surface area (TPSA) is 59.2 Å². The van der Waals surface area contributed by atoms with Gasteiger partial charge in [-0.1, -0.05) is 0 Å². The summed E-state index contributed by atoms with van der Waals surface area (Å²) in [4.78, 5) is 18.1. The molecule has 1 aliphatic rings. The number of amides is 1. The van der Waals surface area contributed by atoms with Crippen molar-refractivity contribution in [3.63, 3.8) is 0 Å². The van der Waals surface area contributed by atoms with Gasteiger partial charge in [-0.05, 0) is 43.5 Å². The van der Waals surface area contributed by atoms with Crippen molar-refractivity contribution in [2.45, 2.75) is 31.7 Å². The lowest BCUT2D eigenvalue weighted by molar-refractivity contribution is -0.132. The zero-order valence-corrected chi connectivity index (χ0v) is 11.2. The maximum atomic E-state index is 12.0. The molecule has 2 N–H and O–H groups in total. The minimum atomic E-state index is 0. The van der Waals surface area contributed by atoms with Crippen LogP contribution < -0.4 is 5.73 Å². The number of carbonyl (C=O) groups is 1. The number of carbonyl (C=O) groups excluding carboxylic acids is 1. The molecule has 1 aromatic heterocycles. The van der Waals surface area contributed by atoms with E-state index in [0.29, 0.717) is 13.0 Å². The summed E-state index contributed by atoms with van der Waals surface area (Å²) in [5, 5.41) is 0. The third-order valence-electron chi connectivity index (χ3n) is 3.26. The number of pyridine rings is 1. The summed E-state index contributed by atoms with van der Waals surface area (Å²) in [5.41, 5.74) is 6.64. The van der Waals surface area contributed by atoms with Gasteiger partial charge in [0, 0.05) is 25.4 Å². The molecule has 1 fully saturated rings. The fraction of sp³-hybridized carbons (Fsp3) is 0.538. The second kappa shape index (κ2) is 7.34. The molecule has 0 saturated carbocycles. The van der Waals surface area contributed by atoms with E-state index >= 15 is 0 Å². The molecule has 4 nitrogen and oxygen atoms in total. The summed E-state index contributed by atoms with van der Waals surface area (Å²) in [5.74, 6) is 0.231. The fourth-order valence-corrected chi connectivity index (χ4v) is 2.39. The van der Waals surface area contributed by atoms with E-state index < -0.39 is 0 Å². The zero-order chi connectivity index (χ0) is 12.1. The summed E-state index contributed by atoms with van der Waals surface area (Å²) in [6.07, 6.45) is 7.06. The van der Waals surface area contributed by atoms with E-state index in [4.69, 9.17) is 5.73 Å². The molecule has 1 atom stereocenters.